The summed E-state index contributed by atoms with van der Waals surface area (Å²) in [7, 11) is 0. The maximum Gasteiger partial charge on any atom is 0.338 e. The first-order valence-electron chi connectivity index (χ1n) is 10.5. The number of hydrogen-bond donors (Lipinski definition) is 2. The van der Waals surface area contributed by atoms with E-state index in [0.717, 1.165) is 17.8 Å². The van der Waals surface area contributed by atoms with Crippen LogP contribution >= 0.6 is 11.6 Å². The van der Waals surface area contributed by atoms with E-state index in [4.69, 9.17) is 21.1 Å². The highest BCUT2D eigenvalue weighted by Crippen LogP contribution is 2.59. The lowest BCUT2D eigenvalue weighted by Crippen LogP contribution is -2.51. The summed E-state index contributed by atoms with van der Waals surface area (Å²) in [5, 5.41) is 12.9. The van der Waals surface area contributed by atoms with Crippen molar-refractivity contribution in [3.05, 3.63) is 22.7 Å². The molecule has 1 amide bonds. The smallest absolute Gasteiger partial charge is 0.338 e. The standard InChI is InChI=1S/C22H28ClNO5/c1-2-28-18-7-16(6-17(23)20(18)26)21(27)29-11-19(25)24-12-22-8-13-3-14(9-22)5-15(4-13)10-22/h6-7,13-15,26H,2-5,8-12H2,1H3,(H,24,25). The predicted octanol–water partition coefficient (Wildman–Crippen LogP) is 3.93. The van der Waals surface area contributed by atoms with Crippen LogP contribution in [0.2, 0.25) is 5.02 Å². The van der Waals surface area contributed by atoms with Crippen molar-refractivity contribution in [3.8, 4) is 11.5 Å². The lowest BCUT2D eigenvalue weighted by Gasteiger charge is -2.56. The number of carbonyl (C=O) groups excluding carboxylic acids is 2. The number of esters is 1. The van der Waals surface area contributed by atoms with Gasteiger partial charge >= 0.3 is 5.97 Å². The molecular formula is C22H28ClNO5. The van der Waals surface area contributed by atoms with Crippen LogP contribution in [0.4, 0.5) is 0 Å². The zero-order valence-electron chi connectivity index (χ0n) is 16.7. The Balaban J connectivity index is 1.29. The molecule has 4 bridgehead atoms. The van der Waals surface area contributed by atoms with Crippen molar-refractivity contribution in [2.75, 3.05) is 19.8 Å². The van der Waals surface area contributed by atoms with Crippen molar-refractivity contribution < 1.29 is 24.2 Å². The zero-order chi connectivity index (χ0) is 20.6. The van der Waals surface area contributed by atoms with Gasteiger partial charge in [-0.05, 0) is 80.8 Å². The highest BCUT2D eigenvalue weighted by Gasteiger charge is 2.50. The first-order valence-corrected chi connectivity index (χ1v) is 10.8. The Bertz CT molecular complexity index is 773. The average Bonchev–Trinajstić information content (AvgIpc) is 2.67. The van der Waals surface area contributed by atoms with Crippen molar-refractivity contribution in [1.82, 2.24) is 5.32 Å². The van der Waals surface area contributed by atoms with Gasteiger partial charge in [-0.3, -0.25) is 4.79 Å². The molecule has 0 heterocycles. The Hall–Kier alpha value is -1.95. The van der Waals surface area contributed by atoms with Gasteiger partial charge in [0.2, 0.25) is 0 Å². The first-order chi connectivity index (χ1) is 13.9. The van der Waals surface area contributed by atoms with Gasteiger partial charge in [0.1, 0.15) is 0 Å². The minimum absolute atomic E-state index is 0.00540. The summed E-state index contributed by atoms with van der Waals surface area (Å²) in [4.78, 5) is 24.6. The molecule has 158 valence electrons. The second-order valence-corrected chi connectivity index (χ2v) is 9.42. The number of carbonyl (C=O) groups is 2. The molecular weight excluding hydrogens is 394 g/mol. The van der Waals surface area contributed by atoms with E-state index in [1.54, 1.807) is 6.92 Å². The van der Waals surface area contributed by atoms with E-state index in [0.29, 0.717) is 13.2 Å². The largest absolute Gasteiger partial charge is 0.503 e. The number of ether oxygens (including phenoxy) is 2. The molecule has 7 heteroatoms. The van der Waals surface area contributed by atoms with Gasteiger partial charge in [-0.25, -0.2) is 4.79 Å². The number of nitrogens with one attached hydrogen (secondary N) is 1. The molecule has 0 spiro atoms. The molecule has 4 aliphatic carbocycles. The van der Waals surface area contributed by atoms with Crippen LogP contribution < -0.4 is 10.1 Å². The minimum Gasteiger partial charge on any atom is -0.503 e. The van der Waals surface area contributed by atoms with Gasteiger partial charge in [0.25, 0.3) is 5.91 Å². The summed E-state index contributed by atoms with van der Waals surface area (Å²) in [6.45, 7) is 2.40. The van der Waals surface area contributed by atoms with Crippen molar-refractivity contribution in [2.24, 2.45) is 23.2 Å². The number of halogens is 1. The molecule has 5 rings (SSSR count). The highest BCUT2D eigenvalue weighted by molar-refractivity contribution is 6.32. The molecule has 2 N–H and O–H groups in total. The topological polar surface area (TPSA) is 84.9 Å². The maximum absolute atomic E-state index is 12.3. The Morgan fingerprint density at radius 1 is 1.17 bits per heavy atom. The van der Waals surface area contributed by atoms with Gasteiger partial charge in [0.05, 0.1) is 17.2 Å². The summed E-state index contributed by atoms with van der Waals surface area (Å²) in [6, 6.07) is 2.66. The highest BCUT2D eigenvalue weighted by atomic mass is 35.5. The lowest BCUT2D eigenvalue weighted by atomic mass is 9.49. The van der Waals surface area contributed by atoms with E-state index in [1.807, 2.05) is 0 Å². The van der Waals surface area contributed by atoms with E-state index in [9.17, 15) is 14.7 Å². The molecule has 1 aromatic rings. The van der Waals surface area contributed by atoms with Crippen LogP contribution in [-0.2, 0) is 9.53 Å². The van der Waals surface area contributed by atoms with Crippen LogP contribution in [0.5, 0.6) is 11.5 Å². The molecule has 0 unspecified atom stereocenters. The third kappa shape index (κ3) is 4.32. The molecule has 6 nitrogen and oxygen atoms in total. The number of rotatable bonds is 7. The number of phenols is 1. The van der Waals surface area contributed by atoms with Gasteiger partial charge in [-0.1, -0.05) is 11.6 Å². The van der Waals surface area contributed by atoms with E-state index >= 15 is 0 Å². The zero-order valence-corrected chi connectivity index (χ0v) is 17.5. The van der Waals surface area contributed by atoms with Crippen molar-refractivity contribution in [2.45, 2.75) is 45.4 Å². The molecule has 0 atom stereocenters. The molecule has 0 aliphatic heterocycles. The van der Waals surface area contributed by atoms with Crippen LogP contribution in [0.15, 0.2) is 12.1 Å². The number of amides is 1. The first kappa shape index (κ1) is 20.3. The molecule has 4 saturated carbocycles. The van der Waals surface area contributed by atoms with E-state index in [1.165, 1.54) is 50.7 Å². The number of aromatic hydroxyl groups is 1. The summed E-state index contributed by atoms with van der Waals surface area (Å²) >= 11 is 5.94. The van der Waals surface area contributed by atoms with Gasteiger partial charge in [0.15, 0.2) is 18.1 Å². The fourth-order valence-corrected chi connectivity index (χ4v) is 6.23. The van der Waals surface area contributed by atoms with Crippen LogP contribution in [0, 0.1) is 23.2 Å². The van der Waals surface area contributed by atoms with Gasteiger partial charge in [0, 0.05) is 6.54 Å². The third-order valence-corrected chi connectivity index (χ3v) is 7.01. The Morgan fingerprint density at radius 2 is 1.79 bits per heavy atom. The van der Waals surface area contributed by atoms with Crippen LogP contribution in [0.3, 0.4) is 0 Å². The number of hydrogen-bond acceptors (Lipinski definition) is 5. The monoisotopic (exact) mass is 421 g/mol. The molecule has 0 radical (unpaired) electrons. The van der Waals surface area contributed by atoms with Gasteiger partial charge in [-0.2, -0.15) is 0 Å². The minimum atomic E-state index is -0.683. The second kappa shape index (κ2) is 8.05. The molecule has 4 aliphatic rings. The third-order valence-electron chi connectivity index (χ3n) is 6.72. The van der Waals surface area contributed by atoms with E-state index < -0.39 is 5.97 Å². The maximum atomic E-state index is 12.3. The fourth-order valence-electron chi connectivity index (χ4n) is 6.02. The van der Waals surface area contributed by atoms with Crippen LogP contribution in [0.25, 0.3) is 0 Å². The van der Waals surface area contributed by atoms with E-state index in [2.05, 4.69) is 5.32 Å². The number of phenolic OH excluding ortho intramolecular Hbond substituents is 1. The lowest BCUT2D eigenvalue weighted by molar-refractivity contribution is -0.126. The summed E-state index contributed by atoms with van der Waals surface area (Å²) in [5.41, 5.74) is 0.371. The normalized spacial score (nSPS) is 29.5. The quantitative estimate of drug-likeness (QED) is 0.651. The average molecular weight is 422 g/mol. The molecule has 0 saturated heterocycles. The Morgan fingerprint density at radius 3 is 2.38 bits per heavy atom. The summed E-state index contributed by atoms with van der Waals surface area (Å²) in [5.74, 6) is 1.40. The molecule has 4 fully saturated rings. The molecule has 0 aromatic heterocycles. The summed E-state index contributed by atoms with van der Waals surface area (Å²) in [6.07, 6.45) is 7.74. The van der Waals surface area contributed by atoms with Gasteiger partial charge in [-0.15, -0.1) is 0 Å². The van der Waals surface area contributed by atoms with Crippen LogP contribution in [0.1, 0.15) is 55.8 Å². The molecule has 29 heavy (non-hydrogen) atoms. The molecule has 1 aromatic carbocycles. The predicted molar refractivity (Wildman–Crippen MR) is 108 cm³/mol. The van der Waals surface area contributed by atoms with E-state index in [-0.39, 0.29) is 40.0 Å². The Kier molecular flexibility index (Phi) is 5.65. The van der Waals surface area contributed by atoms with Crippen molar-refractivity contribution in [1.29, 1.82) is 0 Å². The SMILES string of the molecule is CCOc1cc(C(=O)OCC(=O)NCC23CC4CC(CC(C4)C2)C3)cc(Cl)c1O. The Labute approximate surface area is 175 Å². The second-order valence-electron chi connectivity index (χ2n) is 9.01. The van der Waals surface area contributed by atoms with Crippen molar-refractivity contribution in [3.63, 3.8) is 0 Å². The fraction of sp³-hybridized carbons (Fsp3) is 0.636. The van der Waals surface area contributed by atoms with Crippen molar-refractivity contribution >= 4 is 23.5 Å². The number of benzene rings is 1. The summed E-state index contributed by atoms with van der Waals surface area (Å²) < 4.78 is 10.4. The van der Waals surface area contributed by atoms with Crippen LogP contribution in [-0.4, -0.2) is 36.7 Å². The van der Waals surface area contributed by atoms with Gasteiger partial charge < -0.3 is 19.9 Å².